The molecule has 2 aromatic rings. The fraction of sp³-hybridized carbons (Fsp3) is 0.556. The quantitative estimate of drug-likeness (QED) is 0.795. The van der Waals surface area contributed by atoms with Crippen molar-refractivity contribution in [3.05, 3.63) is 12.0 Å². The summed E-state index contributed by atoms with van der Waals surface area (Å²) < 4.78 is 5.96. The SMILES string of the molecule is Cc1nnsc1-c1nncn1CC(C)C. The van der Waals surface area contributed by atoms with Crippen molar-refractivity contribution >= 4 is 11.5 Å². The van der Waals surface area contributed by atoms with Crippen LogP contribution < -0.4 is 0 Å². The molecule has 0 aliphatic heterocycles. The molecule has 80 valence electrons. The van der Waals surface area contributed by atoms with E-state index in [1.807, 2.05) is 11.5 Å². The second-order valence-corrected chi connectivity index (χ2v) is 4.64. The van der Waals surface area contributed by atoms with E-state index >= 15 is 0 Å². The Balaban J connectivity index is 2.37. The van der Waals surface area contributed by atoms with Crippen molar-refractivity contribution in [1.82, 2.24) is 24.4 Å². The molecule has 0 aliphatic rings. The largest absolute Gasteiger partial charge is 0.313 e. The Morgan fingerprint density at radius 3 is 2.80 bits per heavy atom. The fourth-order valence-corrected chi connectivity index (χ4v) is 2.05. The molecule has 0 aliphatic carbocycles. The Hall–Kier alpha value is -1.30. The molecule has 0 N–H and O–H groups in total. The summed E-state index contributed by atoms with van der Waals surface area (Å²) in [5.41, 5.74) is 0.915. The third-order valence-electron chi connectivity index (χ3n) is 2.03. The van der Waals surface area contributed by atoms with Crippen LogP contribution in [0.3, 0.4) is 0 Å². The molecule has 5 nitrogen and oxygen atoms in total. The predicted molar refractivity (Wildman–Crippen MR) is 58.5 cm³/mol. The zero-order valence-corrected chi connectivity index (χ0v) is 9.82. The van der Waals surface area contributed by atoms with Gasteiger partial charge in [-0.05, 0) is 24.4 Å². The van der Waals surface area contributed by atoms with Crippen LogP contribution in [0.1, 0.15) is 19.5 Å². The lowest BCUT2D eigenvalue weighted by molar-refractivity contribution is 0.525. The van der Waals surface area contributed by atoms with Crippen molar-refractivity contribution in [2.75, 3.05) is 0 Å². The minimum Gasteiger partial charge on any atom is -0.313 e. The minimum atomic E-state index is 0.570. The molecule has 0 radical (unpaired) electrons. The summed E-state index contributed by atoms with van der Waals surface area (Å²) in [5, 5.41) is 12.0. The maximum absolute atomic E-state index is 4.12. The summed E-state index contributed by atoms with van der Waals surface area (Å²) in [6.07, 6.45) is 1.76. The molecule has 0 amide bonds. The average molecular weight is 223 g/mol. The number of aromatic nitrogens is 5. The lowest BCUT2D eigenvalue weighted by Crippen LogP contribution is -2.04. The second kappa shape index (κ2) is 4.06. The number of aryl methyl sites for hydroxylation is 1. The van der Waals surface area contributed by atoms with E-state index in [1.54, 1.807) is 6.33 Å². The Kier molecular flexibility index (Phi) is 2.77. The Morgan fingerprint density at radius 2 is 2.20 bits per heavy atom. The van der Waals surface area contributed by atoms with Crippen LogP contribution in [0.15, 0.2) is 6.33 Å². The highest BCUT2D eigenvalue weighted by Crippen LogP contribution is 2.23. The van der Waals surface area contributed by atoms with Crippen molar-refractivity contribution in [2.24, 2.45) is 5.92 Å². The van der Waals surface area contributed by atoms with Crippen LogP contribution in [-0.2, 0) is 6.54 Å². The zero-order chi connectivity index (χ0) is 10.8. The van der Waals surface area contributed by atoms with Gasteiger partial charge in [0.2, 0.25) is 0 Å². The van der Waals surface area contributed by atoms with Crippen LogP contribution in [0, 0.1) is 12.8 Å². The van der Waals surface area contributed by atoms with Gasteiger partial charge in [-0.1, -0.05) is 18.3 Å². The maximum Gasteiger partial charge on any atom is 0.177 e. The molecule has 2 heterocycles. The highest BCUT2D eigenvalue weighted by atomic mass is 32.1. The van der Waals surface area contributed by atoms with E-state index < -0.39 is 0 Å². The molecule has 2 rings (SSSR count). The van der Waals surface area contributed by atoms with Crippen LogP contribution in [-0.4, -0.2) is 24.4 Å². The van der Waals surface area contributed by atoms with E-state index in [4.69, 9.17) is 0 Å². The normalized spacial score (nSPS) is 11.2. The summed E-state index contributed by atoms with van der Waals surface area (Å²) in [6, 6.07) is 0. The number of hydrogen-bond acceptors (Lipinski definition) is 5. The van der Waals surface area contributed by atoms with E-state index in [2.05, 4.69) is 33.6 Å². The Bertz CT molecular complexity index is 445. The number of rotatable bonds is 3. The number of nitrogens with zero attached hydrogens (tertiary/aromatic N) is 5. The Morgan fingerprint density at radius 1 is 1.40 bits per heavy atom. The van der Waals surface area contributed by atoms with Gasteiger partial charge < -0.3 is 4.57 Å². The molecule has 6 heteroatoms. The highest BCUT2D eigenvalue weighted by Gasteiger charge is 2.13. The van der Waals surface area contributed by atoms with Gasteiger partial charge in [-0.25, -0.2) is 0 Å². The summed E-state index contributed by atoms with van der Waals surface area (Å²) in [5.74, 6) is 1.44. The molecule has 0 fully saturated rings. The van der Waals surface area contributed by atoms with E-state index in [0.29, 0.717) is 5.92 Å². The van der Waals surface area contributed by atoms with E-state index in [0.717, 1.165) is 22.9 Å². The monoisotopic (exact) mass is 223 g/mol. The molecule has 2 aromatic heterocycles. The second-order valence-electron chi connectivity index (χ2n) is 3.89. The lowest BCUT2D eigenvalue weighted by atomic mass is 10.2. The van der Waals surface area contributed by atoms with Gasteiger partial charge in [-0.2, -0.15) is 0 Å². The van der Waals surface area contributed by atoms with Gasteiger partial charge >= 0.3 is 0 Å². The lowest BCUT2D eigenvalue weighted by Gasteiger charge is -2.07. The van der Waals surface area contributed by atoms with Crippen molar-refractivity contribution in [3.63, 3.8) is 0 Å². The molecule has 0 saturated heterocycles. The van der Waals surface area contributed by atoms with Crippen LogP contribution >= 0.6 is 11.5 Å². The average Bonchev–Trinajstić information content (AvgIpc) is 2.73. The van der Waals surface area contributed by atoms with Gasteiger partial charge in [0.25, 0.3) is 0 Å². The standard InChI is InChI=1S/C9H13N5S/c1-6(2)4-14-5-10-12-9(14)8-7(3)11-13-15-8/h5-6H,4H2,1-3H3. The third-order valence-corrected chi connectivity index (χ3v) is 2.86. The zero-order valence-electron chi connectivity index (χ0n) is 9.01. The summed E-state index contributed by atoms with van der Waals surface area (Å²) >= 11 is 1.36. The van der Waals surface area contributed by atoms with Crippen molar-refractivity contribution in [1.29, 1.82) is 0 Å². The van der Waals surface area contributed by atoms with Gasteiger partial charge in [0.05, 0.1) is 5.69 Å². The minimum absolute atomic E-state index is 0.570. The van der Waals surface area contributed by atoms with Crippen LogP contribution in [0.5, 0.6) is 0 Å². The molecule has 0 spiro atoms. The van der Waals surface area contributed by atoms with Gasteiger partial charge in [-0.15, -0.1) is 15.3 Å². The van der Waals surface area contributed by atoms with Crippen LogP contribution in [0.4, 0.5) is 0 Å². The molecule has 0 unspecified atom stereocenters. The smallest absolute Gasteiger partial charge is 0.177 e. The summed E-state index contributed by atoms with van der Waals surface area (Å²) in [6.45, 7) is 7.19. The molecular formula is C9H13N5S. The molecular weight excluding hydrogens is 210 g/mol. The van der Waals surface area contributed by atoms with E-state index in [9.17, 15) is 0 Å². The van der Waals surface area contributed by atoms with Gasteiger partial charge in [-0.3, -0.25) is 0 Å². The number of hydrogen-bond donors (Lipinski definition) is 0. The molecule has 15 heavy (non-hydrogen) atoms. The first-order valence-electron chi connectivity index (χ1n) is 4.85. The molecule has 0 bridgehead atoms. The third kappa shape index (κ3) is 2.04. The first kappa shape index (κ1) is 10.2. The molecule has 0 atom stereocenters. The Labute approximate surface area is 92.3 Å². The molecule has 0 aromatic carbocycles. The van der Waals surface area contributed by atoms with E-state index in [1.165, 1.54) is 11.5 Å². The van der Waals surface area contributed by atoms with Crippen molar-refractivity contribution < 1.29 is 0 Å². The van der Waals surface area contributed by atoms with Gasteiger partial charge in [0.1, 0.15) is 11.2 Å². The summed E-state index contributed by atoms with van der Waals surface area (Å²) in [7, 11) is 0. The summed E-state index contributed by atoms with van der Waals surface area (Å²) in [4.78, 5) is 1.01. The van der Waals surface area contributed by atoms with Crippen molar-refractivity contribution in [3.8, 4) is 10.7 Å². The maximum atomic E-state index is 4.12. The first-order chi connectivity index (χ1) is 7.18. The van der Waals surface area contributed by atoms with Crippen molar-refractivity contribution in [2.45, 2.75) is 27.3 Å². The highest BCUT2D eigenvalue weighted by molar-refractivity contribution is 7.09. The predicted octanol–water partition coefficient (Wildman–Crippen LogP) is 1.76. The van der Waals surface area contributed by atoms with Crippen LogP contribution in [0.2, 0.25) is 0 Å². The fourth-order valence-electron chi connectivity index (χ4n) is 1.39. The first-order valence-corrected chi connectivity index (χ1v) is 5.63. The van der Waals surface area contributed by atoms with E-state index in [-0.39, 0.29) is 0 Å². The van der Waals surface area contributed by atoms with Crippen LogP contribution in [0.25, 0.3) is 10.7 Å². The molecule has 0 saturated carbocycles. The van der Waals surface area contributed by atoms with Gasteiger partial charge in [0.15, 0.2) is 5.82 Å². The topological polar surface area (TPSA) is 56.5 Å². The van der Waals surface area contributed by atoms with Gasteiger partial charge in [0, 0.05) is 6.54 Å².